The molecule has 2 rings (SSSR count). The molecule has 4 nitrogen and oxygen atoms in total. The molecule has 0 aliphatic carbocycles. The Bertz CT molecular complexity index is 219. The van der Waals surface area contributed by atoms with E-state index in [0.29, 0.717) is 5.41 Å². The number of hydrogen-bond donors (Lipinski definition) is 2. The molecule has 4 heteroatoms. The molecule has 14 heavy (non-hydrogen) atoms. The van der Waals surface area contributed by atoms with Crippen molar-refractivity contribution < 1.29 is 9.90 Å². The topological polar surface area (TPSA) is 52.6 Å². The van der Waals surface area contributed by atoms with Crippen molar-refractivity contribution in [2.75, 3.05) is 26.2 Å². The van der Waals surface area contributed by atoms with E-state index in [1.165, 1.54) is 6.42 Å². The van der Waals surface area contributed by atoms with Crippen LogP contribution in [-0.2, 0) is 0 Å². The van der Waals surface area contributed by atoms with Gasteiger partial charge in [0.1, 0.15) is 0 Å². The Kier molecular flexibility index (Phi) is 2.63. The van der Waals surface area contributed by atoms with Crippen molar-refractivity contribution in [3.05, 3.63) is 0 Å². The number of nitrogens with one attached hydrogen (secondary N) is 1. The Labute approximate surface area is 84.3 Å². The van der Waals surface area contributed by atoms with Crippen molar-refractivity contribution in [3.8, 4) is 0 Å². The van der Waals surface area contributed by atoms with Crippen LogP contribution in [0.1, 0.15) is 25.7 Å². The summed E-state index contributed by atoms with van der Waals surface area (Å²) in [4.78, 5) is 12.5. The third-order valence-electron chi connectivity index (χ3n) is 3.60. The van der Waals surface area contributed by atoms with Crippen LogP contribution >= 0.6 is 0 Å². The van der Waals surface area contributed by atoms with Gasteiger partial charge < -0.3 is 15.3 Å². The van der Waals surface area contributed by atoms with Crippen molar-refractivity contribution in [2.24, 2.45) is 5.41 Å². The van der Waals surface area contributed by atoms with Gasteiger partial charge in [0.15, 0.2) is 0 Å². The standard InChI is InChI=1S/C10H18N2O2/c13-9(14)12-7-1-2-10(8-12)3-5-11-6-4-10/h11H,1-8H2,(H,13,14). The summed E-state index contributed by atoms with van der Waals surface area (Å²) in [6.45, 7) is 3.58. The lowest BCUT2D eigenvalue weighted by Crippen LogP contribution is -2.49. The molecular weight excluding hydrogens is 180 g/mol. The fourth-order valence-corrected chi connectivity index (χ4v) is 2.74. The largest absolute Gasteiger partial charge is 0.465 e. The quantitative estimate of drug-likeness (QED) is 0.613. The molecule has 1 amide bonds. The van der Waals surface area contributed by atoms with Crippen molar-refractivity contribution in [3.63, 3.8) is 0 Å². The minimum atomic E-state index is -0.748. The summed E-state index contributed by atoms with van der Waals surface area (Å²) in [6, 6.07) is 0. The van der Waals surface area contributed by atoms with Gasteiger partial charge in [-0.3, -0.25) is 0 Å². The molecule has 2 fully saturated rings. The summed E-state index contributed by atoms with van der Waals surface area (Å²) in [6.07, 6.45) is 3.76. The van der Waals surface area contributed by atoms with Crippen LogP contribution < -0.4 is 5.32 Å². The Balaban J connectivity index is 2.01. The fourth-order valence-electron chi connectivity index (χ4n) is 2.74. The first kappa shape index (κ1) is 9.77. The number of piperidine rings is 2. The molecular formula is C10H18N2O2. The van der Waals surface area contributed by atoms with Crippen molar-refractivity contribution >= 4 is 6.09 Å². The molecule has 2 heterocycles. The summed E-state index contributed by atoms with van der Waals surface area (Å²) in [5.74, 6) is 0. The monoisotopic (exact) mass is 198 g/mol. The maximum atomic E-state index is 10.9. The first-order valence-electron chi connectivity index (χ1n) is 5.41. The molecule has 0 aromatic carbocycles. The third-order valence-corrected chi connectivity index (χ3v) is 3.60. The molecule has 0 unspecified atom stereocenters. The van der Waals surface area contributed by atoms with Crippen LogP contribution in [0.15, 0.2) is 0 Å². The minimum Gasteiger partial charge on any atom is -0.465 e. The summed E-state index contributed by atoms with van der Waals surface area (Å²) >= 11 is 0. The van der Waals surface area contributed by atoms with Gasteiger partial charge >= 0.3 is 6.09 Å². The van der Waals surface area contributed by atoms with Gasteiger partial charge in [-0.2, -0.15) is 0 Å². The van der Waals surface area contributed by atoms with Gasteiger partial charge in [0.25, 0.3) is 0 Å². The average Bonchev–Trinajstić information content (AvgIpc) is 2.19. The second-order valence-electron chi connectivity index (χ2n) is 4.56. The van der Waals surface area contributed by atoms with Gasteiger partial charge in [-0.15, -0.1) is 0 Å². The highest BCUT2D eigenvalue weighted by molar-refractivity contribution is 5.65. The third kappa shape index (κ3) is 1.85. The first-order valence-corrected chi connectivity index (χ1v) is 5.41. The van der Waals surface area contributed by atoms with Crippen LogP contribution in [0.3, 0.4) is 0 Å². The van der Waals surface area contributed by atoms with E-state index >= 15 is 0 Å². The van der Waals surface area contributed by atoms with Crippen LogP contribution in [0.2, 0.25) is 0 Å². The summed E-state index contributed by atoms with van der Waals surface area (Å²) in [7, 11) is 0. The number of nitrogens with zero attached hydrogens (tertiary/aromatic N) is 1. The summed E-state index contributed by atoms with van der Waals surface area (Å²) in [5.41, 5.74) is 0.294. The number of likely N-dealkylation sites (tertiary alicyclic amines) is 1. The SMILES string of the molecule is O=C(O)N1CCCC2(CCNCC2)C1. The zero-order valence-electron chi connectivity index (χ0n) is 8.46. The van der Waals surface area contributed by atoms with Crippen LogP contribution in [0.5, 0.6) is 0 Å². The fraction of sp³-hybridized carbons (Fsp3) is 0.900. The van der Waals surface area contributed by atoms with E-state index < -0.39 is 6.09 Å². The van der Waals surface area contributed by atoms with Gasteiger partial charge in [0.05, 0.1) is 0 Å². The highest BCUT2D eigenvalue weighted by Crippen LogP contribution is 2.37. The van der Waals surface area contributed by atoms with Crippen LogP contribution in [0.25, 0.3) is 0 Å². The maximum absolute atomic E-state index is 10.9. The lowest BCUT2D eigenvalue weighted by atomic mass is 9.73. The molecule has 0 aromatic rings. The second kappa shape index (κ2) is 3.77. The molecule has 0 atom stereocenters. The molecule has 2 N–H and O–H groups in total. The first-order chi connectivity index (χ1) is 6.72. The molecule has 0 saturated carbocycles. The highest BCUT2D eigenvalue weighted by Gasteiger charge is 2.37. The van der Waals surface area contributed by atoms with Gasteiger partial charge in [0.2, 0.25) is 0 Å². The second-order valence-corrected chi connectivity index (χ2v) is 4.56. The molecule has 2 saturated heterocycles. The van der Waals surface area contributed by atoms with E-state index in [1.807, 2.05) is 0 Å². The molecule has 0 radical (unpaired) electrons. The predicted molar refractivity (Wildman–Crippen MR) is 53.4 cm³/mol. The van der Waals surface area contributed by atoms with E-state index in [4.69, 9.17) is 5.11 Å². The summed E-state index contributed by atoms with van der Waals surface area (Å²) in [5, 5.41) is 12.3. The van der Waals surface area contributed by atoms with E-state index in [1.54, 1.807) is 4.90 Å². The number of hydrogen-bond acceptors (Lipinski definition) is 2. The smallest absolute Gasteiger partial charge is 0.407 e. The van der Waals surface area contributed by atoms with Gasteiger partial charge in [-0.25, -0.2) is 4.79 Å². The van der Waals surface area contributed by atoms with Crippen molar-refractivity contribution in [1.29, 1.82) is 0 Å². The Morgan fingerprint density at radius 2 is 2.00 bits per heavy atom. The predicted octanol–water partition coefficient (Wildman–Crippen LogP) is 1.13. The van der Waals surface area contributed by atoms with Crippen LogP contribution in [0, 0.1) is 5.41 Å². The number of rotatable bonds is 0. The molecule has 1 spiro atoms. The average molecular weight is 198 g/mol. The Morgan fingerprint density at radius 3 is 2.64 bits per heavy atom. The molecule has 0 bridgehead atoms. The van der Waals surface area contributed by atoms with Crippen LogP contribution in [-0.4, -0.2) is 42.3 Å². The summed E-state index contributed by atoms with van der Waals surface area (Å²) < 4.78 is 0. The lowest BCUT2D eigenvalue weighted by molar-refractivity contribution is 0.0571. The van der Waals surface area contributed by atoms with Crippen LogP contribution in [0.4, 0.5) is 4.79 Å². The zero-order valence-corrected chi connectivity index (χ0v) is 8.46. The Hall–Kier alpha value is -0.770. The Morgan fingerprint density at radius 1 is 1.29 bits per heavy atom. The lowest BCUT2D eigenvalue weighted by Gasteiger charge is -2.44. The normalized spacial score (nSPS) is 26.4. The van der Waals surface area contributed by atoms with Gasteiger partial charge in [-0.1, -0.05) is 0 Å². The molecule has 80 valence electrons. The van der Waals surface area contributed by atoms with Crippen molar-refractivity contribution in [1.82, 2.24) is 10.2 Å². The van der Waals surface area contributed by atoms with E-state index in [-0.39, 0.29) is 0 Å². The zero-order chi connectivity index (χ0) is 10.0. The number of carboxylic acid groups (broad SMARTS) is 1. The molecule has 2 aliphatic rings. The van der Waals surface area contributed by atoms with Gasteiger partial charge in [0, 0.05) is 13.1 Å². The maximum Gasteiger partial charge on any atom is 0.407 e. The minimum absolute atomic E-state index is 0.294. The molecule has 2 aliphatic heterocycles. The number of amides is 1. The van der Waals surface area contributed by atoms with E-state index in [2.05, 4.69) is 5.32 Å². The van der Waals surface area contributed by atoms with E-state index in [0.717, 1.165) is 45.4 Å². The molecule has 0 aromatic heterocycles. The van der Waals surface area contributed by atoms with E-state index in [9.17, 15) is 4.79 Å². The number of carbonyl (C=O) groups is 1. The van der Waals surface area contributed by atoms with Gasteiger partial charge in [-0.05, 0) is 44.2 Å². The highest BCUT2D eigenvalue weighted by atomic mass is 16.4. The van der Waals surface area contributed by atoms with Crippen molar-refractivity contribution in [2.45, 2.75) is 25.7 Å².